The maximum absolute atomic E-state index is 12.2. The number of benzene rings is 1. The Balaban J connectivity index is 2.00. The van der Waals surface area contributed by atoms with Crippen LogP contribution in [-0.2, 0) is 17.8 Å². The molecule has 144 valence electrons. The van der Waals surface area contributed by atoms with Gasteiger partial charge in [-0.2, -0.15) is 0 Å². The Labute approximate surface area is 157 Å². The number of anilines is 1. The summed E-state index contributed by atoms with van der Waals surface area (Å²) in [5.41, 5.74) is 1.45. The summed E-state index contributed by atoms with van der Waals surface area (Å²) in [5, 5.41) is 14.7. The molecule has 1 aromatic carbocycles. The predicted octanol–water partition coefficient (Wildman–Crippen LogP) is 3.45. The molecule has 0 unspecified atom stereocenters. The number of amides is 2. The van der Waals surface area contributed by atoms with Crippen LogP contribution in [-0.4, -0.2) is 22.9 Å². The van der Waals surface area contributed by atoms with E-state index in [0.29, 0.717) is 18.5 Å². The third kappa shape index (κ3) is 5.70. The summed E-state index contributed by atoms with van der Waals surface area (Å²) >= 11 is 0. The van der Waals surface area contributed by atoms with Gasteiger partial charge in [0.25, 0.3) is 5.91 Å². The van der Waals surface area contributed by atoms with E-state index in [2.05, 4.69) is 10.6 Å². The maximum atomic E-state index is 12.2. The second-order valence-electron chi connectivity index (χ2n) is 6.64. The van der Waals surface area contributed by atoms with Gasteiger partial charge in [0.05, 0.1) is 0 Å². The summed E-state index contributed by atoms with van der Waals surface area (Å²) in [6, 6.07) is 8.40. The Kier molecular flexibility index (Phi) is 6.76. The number of hydrogen-bond acceptors (Lipinski definition) is 4. The molecule has 7 heteroatoms. The van der Waals surface area contributed by atoms with Crippen molar-refractivity contribution in [1.82, 2.24) is 5.32 Å². The number of aryl methyl sites for hydroxylation is 1. The fraction of sp³-hybridized carbons (Fsp3) is 0.350. The van der Waals surface area contributed by atoms with E-state index in [1.807, 2.05) is 19.9 Å². The summed E-state index contributed by atoms with van der Waals surface area (Å²) in [6.07, 6.45) is 0.818. The lowest BCUT2D eigenvalue weighted by Gasteiger charge is -2.09. The van der Waals surface area contributed by atoms with Crippen molar-refractivity contribution in [3.63, 3.8) is 0 Å². The van der Waals surface area contributed by atoms with Crippen molar-refractivity contribution in [1.29, 1.82) is 0 Å². The van der Waals surface area contributed by atoms with Gasteiger partial charge in [-0.05, 0) is 23.6 Å². The molecule has 0 aliphatic heterocycles. The van der Waals surface area contributed by atoms with E-state index in [0.717, 1.165) is 5.56 Å². The predicted molar refractivity (Wildman–Crippen MR) is 101 cm³/mol. The number of hydrogen-bond donors (Lipinski definition) is 3. The lowest BCUT2D eigenvalue weighted by Crippen LogP contribution is -2.22. The Hall–Kier alpha value is -3.09. The van der Waals surface area contributed by atoms with Crippen molar-refractivity contribution in [3.05, 3.63) is 53.0 Å². The van der Waals surface area contributed by atoms with E-state index in [1.165, 1.54) is 6.07 Å². The van der Waals surface area contributed by atoms with Crippen molar-refractivity contribution in [2.75, 3.05) is 5.32 Å². The van der Waals surface area contributed by atoms with Crippen LogP contribution in [0.2, 0.25) is 0 Å². The number of rotatable bonds is 8. The monoisotopic (exact) mass is 372 g/mol. The molecule has 2 rings (SSSR count). The van der Waals surface area contributed by atoms with Crippen molar-refractivity contribution < 1.29 is 23.9 Å². The van der Waals surface area contributed by atoms with Crippen LogP contribution < -0.4 is 10.6 Å². The van der Waals surface area contributed by atoms with Crippen molar-refractivity contribution in [2.24, 2.45) is 5.92 Å². The highest BCUT2D eigenvalue weighted by Crippen LogP contribution is 2.17. The molecule has 0 spiro atoms. The van der Waals surface area contributed by atoms with E-state index in [4.69, 9.17) is 9.52 Å². The zero-order chi connectivity index (χ0) is 20.0. The van der Waals surface area contributed by atoms with Gasteiger partial charge in [0.2, 0.25) is 5.91 Å². The van der Waals surface area contributed by atoms with Gasteiger partial charge in [-0.1, -0.05) is 32.9 Å². The zero-order valence-corrected chi connectivity index (χ0v) is 15.7. The Bertz CT molecular complexity index is 839. The van der Waals surface area contributed by atoms with Crippen molar-refractivity contribution in [2.45, 2.75) is 40.2 Å². The smallest absolute Gasteiger partial charge is 0.339 e. The molecule has 0 saturated carbocycles. The van der Waals surface area contributed by atoms with Gasteiger partial charge >= 0.3 is 5.97 Å². The first-order valence-corrected chi connectivity index (χ1v) is 8.83. The van der Waals surface area contributed by atoms with E-state index in [1.54, 1.807) is 25.1 Å². The number of carbonyl (C=O) groups is 3. The van der Waals surface area contributed by atoms with Crippen LogP contribution in [0.4, 0.5) is 5.69 Å². The van der Waals surface area contributed by atoms with E-state index in [-0.39, 0.29) is 35.5 Å². The molecule has 7 nitrogen and oxygen atoms in total. The molecule has 0 aliphatic carbocycles. The molecule has 0 radical (unpaired) electrons. The standard InChI is InChI=1S/C20H24N2O5/c1-4-16-15(20(25)26)10-17(27-16)19(24)21-11-13-6-5-7-14(9-13)22-18(23)8-12(2)3/h5-7,9-10,12H,4,8,11H2,1-3H3,(H,21,24)(H,22,23)(H,25,26). The van der Waals surface area contributed by atoms with Crippen LogP contribution in [0.25, 0.3) is 0 Å². The molecule has 0 bridgehead atoms. The van der Waals surface area contributed by atoms with Crippen LogP contribution in [0.1, 0.15) is 59.4 Å². The van der Waals surface area contributed by atoms with Crippen LogP contribution in [0, 0.1) is 5.92 Å². The summed E-state index contributed by atoms with van der Waals surface area (Å²) in [7, 11) is 0. The van der Waals surface area contributed by atoms with Crippen LogP contribution in [0.15, 0.2) is 34.7 Å². The third-order valence-electron chi connectivity index (χ3n) is 3.84. The minimum atomic E-state index is -1.13. The van der Waals surface area contributed by atoms with Crippen molar-refractivity contribution in [3.8, 4) is 0 Å². The van der Waals surface area contributed by atoms with Gasteiger partial charge in [-0.3, -0.25) is 9.59 Å². The number of furan rings is 1. The van der Waals surface area contributed by atoms with E-state index >= 15 is 0 Å². The maximum Gasteiger partial charge on any atom is 0.339 e. The third-order valence-corrected chi connectivity index (χ3v) is 3.84. The highest BCUT2D eigenvalue weighted by molar-refractivity contribution is 5.96. The molecule has 0 atom stereocenters. The van der Waals surface area contributed by atoms with Crippen LogP contribution in [0.3, 0.4) is 0 Å². The quantitative estimate of drug-likeness (QED) is 0.657. The summed E-state index contributed by atoms with van der Waals surface area (Å²) in [4.78, 5) is 35.3. The highest BCUT2D eigenvalue weighted by Gasteiger charge is 2.19. The van der Waals surface area contributed by atoms with Gasteiger partial charge in [0.1, 0.15) is 11.3 Å². The lowest BCUT2D eigenvalue weighted by atomic mass is 10.1. The Morgan fingerprint density at radius 2 is 1.93 bits per heavy atom. The van der Waals surface area contributed by atoms with E-state index in [9.17, 15) is 14.4 Å². The number of nitrogens with one attached hydrogen (secondary N) is 2. The first kappa shape index (κ1) is 20.2. The number of aromatic carboxylic acids is 1. The molecule has 3 N–H and O–H groups in total. The van der Waals surface area contributed by atoms with Gasteiger partial charge < -0.3 is 20.2 Å². The second kappa shape index (κ2) is 9.02. The Morgan fingerprint density at radius 3 is 2.52 bits per heavy atom. The molecule has 27 heavy (non-hydrogen) atoms. The molecule has 2 amide bonds. The fourth-order valence-corrected chi connectivity index (χ4v) is 2.60. The van der Waals surface area contributed by atoms with E-state index < -0.39 is 11.9 Å². The topological polar surface area (TPSA) is 109 Å². The molecular formula is C20H24N2O5. The number of carbonyl (C=O) groups excluding carboxylic acids is 2. The normalized spacial score (nSPS) is 10.7. The first-order valence-electron chi connectivity index (χ1n) is 8.83. The number of carboxylic acids is 1. The van der Waals surface area contributed by atoms with Gasteiger partial charge in [-0.15, -0.1) is 0 Å². The van der Waals surface area contributed by atoms with Crippen LogP contribution in [0.5, 0.6) is 0 Å². The first-order chi connectivity index (χ1) is 12.8. The van der Waals surface area contributed by atoms with Crippen LogP contribution >= 0.6 is 0 Å². The fourth-order valence-electron chi connectivity index (χ4n) is 2.60. The molecule has 0 aliphatic rings. The second-order valence-corrected chi connectivity index (χ2v) is 6.64. The van der Waals surface area contributed by atoms with Crippen molar-refractivity contribution >= 4 is 23.5 Å². The minimum Gasteiger partial charge on any atom is -0.478 e. The minimum absolute atomic E-state index is 0.00230. The zero-order valence-electron chi connectivity index (χ0n) is 15.7. The number of carboxylic acid groups (broad SMARTS) is 1. The summed E-state index contributed by atoms with van der Waals surface area (Å²) in [6.45, 7) is 5.92. The molecule has 0 saturated heterocycles. The van der Waals surface area contributed by atoms with Gasteiger partial charge in [-0.25, -0.2) is 4.79 Å². The molecular weight excluding hydrogens is 348 g/mol. The lowest BCUT2D eigenvalue weighted by molar-refractivity contribution is -0.116. The van der Waals surface area contributed by atoms with Gasteiger partial charge in [0, 0.05) is 31.1 Å². The average molecular weight is 372 g/mol. The average Bonchev–Trinajstić information content (AvgIpc) is 3.04. The molecule has 1 aromatic heterocycles. The SMILES string of the molecule is CCc1oc(C(=O)NCc2cccc(NC(=O)CC(C)C)c2)cc1C(=O)O. The Morgan fingerprint density at radius 1 is 1.19 bits per heavy atom. The summed E-state index contributed by atoms with van der Waals surface area (Å²) < 4.78 is 5.34. The summed E-state index contributed by atoms with van der Waals surface area (Å²) in [5.74, 6) is -1.18. The largest absolute Gasteiger partial charge is 0.478 e. The molecule has 0 fully saturated rings. The molecule has 2 aromatic rings. The van der Waals surface area contributed by atoms with Gasteiger partial charge in [0.15, 0.2) is 5.76 Å². The molecule has 1 heterocycles. The highest BCUT2D eigenvalue weighted by atomic mass is 16.4.